The Morgan fingerprint density at radius 1 is 1.30 bits per heavy atom. The fourth-order valence-corrected chi connectivity index (χ4v) is 2.45. The van der Waals surface area contributed by atoms with E-state index in [1.54, 1.807) is 7.11 Å². The third kappa shape index (κ3) is 2.94. The molecule has 116 valence electrons. The van der Waals surface area contributed by atoms with Crippen LogP contribution in [0.15, 0.2) is 48.7 Å². The van der Waals surface area contributed by atoms with Crippen LogP contribution in [0.2, 0.25) is 0 Å². The molecule has 23 heavy (non-hydrogen) atoms. The molecule has 0 saturated heterocycles. The number of hydrogen-bond donors (Lipinski definition) is 0. The van der Waals surface area contributed by atoms with Crippen LogP contribution < -0.4 is 9.84 Å². The summed E-state index contributed by atoms with van der Waals surface area (Å²) in [6, 6.07) is 11.4. The number of carboxylic acid groups (broad SMARTS) is 1. The van der Waals surface area contributed by atoms with Gasteiger partial charge in [-0.1, -0.05) is 12.1 Å². The molecule has 0 N–H and O–H groups in total. The van der Waals surface area contributed by atoms with Crippen LogP contribution in [0.1, 0.15) is 11.3 Å². The van der Waals surface area contributed by atoms with Gasteiger partial charge >= 0.3 is 0 Å². The summed E-state index contributed by atoms with van der Waals surface area (Å²) in [6.45, 7) is 1.98. The lowest BCUT2D eigenvalue weighted by molar-refractivity contribution is -0.297. The molecule has 0 fully saturated rings. The molecule has 0 atom stereocenters. The van der Waals surface area contributed by atoms with Crippen molar-refractivity contribution in [2.24, 2.45) is 0 Å². The summed E-state index contributed by atoms with van der Waals surface area (Å²) < 4.78 is 7.10. The Morgan fingerprint density at radius 3 is 2.87 bits per heavy atom. The van der Waals surface area contributed by atoms with E-state index in [1.807, 2.05) is 53.9 Å². The summed E-state index contributed by atoms with van der Waals surface area (Å²) >= 11 is 0. The van der Waals surface area contributed by atoms with Gasteiger partial charge < -0.3 is 14.6 Å². The second kappa shape index (κ2) is 5.96. The number of imidazole rings is 1. The minimum atomic E-state index is -1.25. The zero-order chi connectivity index (χ0) is 16.4. The number of pyridine rings is 1. The maximum atomic E-state index is 10.8. The van der Waals surface area contributed by atoms with Crippen LogP contribution in [0.4, 0.5) is 0 Å². The molecule has 2 heterocycles. The molecule has 0 radical (unpaired) electrons. The number of rotatable bonds is 4. The topological polar surface area (TPSA) is 66.7 Å². The van der Waals surface area contributed by atoms with E-state index in [0.29, 0.717) is 17.1 Å². The van der Waals surface area contributed by atoms with Gasteiger partial charge in [-0.15, -0.1) is 0 Å². The Labute approximate surface area is 133 Å². The standard InChI is InChI=1S/C18H16N2O3/c1-12-8-9-20-15(6-7-17(21)22)18(19-16(20)10-12)13-4-3-5-14(11-13)23-2/h3-11H,1-2H3,(H,21,22)/p-1/b7-6+. The van der Waals surface area contributed by atoms with Crippen molar-refractivity contribution in [3.05, 3.63) is 59.9 Å². The first-order valence-electron chi connectivity index (χ1n) is 7.10. The normalized spacial score (nSPS) is 11.2. The molecule has 0 unspecified atom stereocenters. The molecule has 0 aliphatic rings. The average Bonchev–Trinajstić information content (AvgIpc) is 2.90. The van der Waals surface area contributed by atoms with Crippen molar-refractivity contribution in [3.8, 4) is 17.0 Å². The highest BCUT2D eigenvalue weighted by Gasteiger charge is 2.12. The van der Waals surface area contributed by atoms with Gasteiger partial charge in [0.15, 0.2) is 0 Å². The Kier molecular flexibility index (Phi) is 3.85. The fourth-order valence-electron chi connectivity index (χ4n) is 2.45. The summed E-state index contributed by atoms with van der Waals surface area (Å²) in [6.07, 6.45) is 4.38. The molecule has 0 spiro atoms. The highest BCUT2D eigenvalue weighted by molar-refractivity contribution is 5.86. The van der Waals surface area contributed by atoms with Gasteiger partial charge in [-0.05, 0) is 48.9 Å². The molecule has 0 bridgehead atoms. The van der Waals surface area contributed by atoms with Crippen molar-refractivity contribution in [1.29, 1.82) is 0 Å². The largest absolute Gasteiger partial charge is 0.545 e. The number of carboxylic acids is 1. The molecule has 0 amide bonds. The van der Waals surface area contributed by atoms with Crippen molar-refractivity contribution in [1.82, 2.24) is 9.38 Å². The molecule has 0 saturated carbocycles. The summed E-state index contributed by atoms with van der Waals surface area (Å²) in [5.74, 6) is -0.533. The molecule has 5 heteroatoms. The highest BCUT2D eigenvalue weighted by atomic mass is 16.5. The summed E-state index contributed by atoms with van der Waals surface area (Å²) in [7, 11) is 1.60. The third-order valence-corrected chi connectivity index (χ3v) is 3.54. The van der Waals surface area contributed by atoms with Gasteiger partial charge in [0, 0.05) is 11.8 Å². The first-order valence-corrected chi connectivity index (χ1v) is 7.10. The number of carbonyl (C=O) groups is 1. The van der Waals surface area contributed by atoms with Crippen LogP contribution in [-0.4, -0.2) is 22.5 Å². The fraction of sp³-hybridized carbons (Fsp3) is 0.111. The van der Waals surface area contributed by atoms with E-state index >= 15 is 0 Å². The second-order valence-corrected chi connectivity index (χ2v) is 5.16. The van der Waals surface area contributed by atoms with Crippen molar-refractivity contribution in [2.45, 2.75) is 6.92 Å². The van der Waals surface area contributed by atoms with E-state index in [2.05, 4.69) is 4.98 Å². The lowest BCUT2D eigenvalue weighted by Crippen LogP contribution is -2.18. The average molecular weight is 307 g/mol. The number of carbonyl (C=O) groups excluding carboxylic acids is 1. The summed E-state index contributed by atoms with van der Waals surface area (Å²) in [5, 5.41) is 10.8. The molecule has 0 aliphatic carbocycles. The van der Waals surface area contributed by atoms with Gasteiger partial charge in [-0.3, -0.25) is 4.40 Å². The number of ether oxygens (including phenoxy) is 1. The lowest BCUT2D eigenvalue weighted by atomic mass is 10.1. The maximum absolute atomic E-state index is 10.8. The van der Waals surface area contributed by atoms with Crippen molar-refractivity contribution in [3.63, 3.8) is 0 Å². The number of aromatic nitrogens is 2. The number of benzene rings is 1. The van der Waals surface area contributed by atoms with E-state index in [-0.39, 0.29) is 0 Å². The van der Waals surface area contributed by atoms with E-state index in [0.717, 1.165) is 22.9 Å². The van der Waals surface area contributed by atoms with Gasteiger partial charge in [0.25, 0.3) is 0 Å². The number of hydrogen-bond acceptors (Lipinski definition) is 4. The predicted molar refractivity (Wildman–Crippen MR) is 86.0 cm³/mol. The monoisotopic (exact) mass is 307 g/mol. The van der Waals surface area contributed by atoms with Crippen LogP contribution in [0, 0.1) is 6.92 Å². The van der Waals surface area contributed by atoms with Crippen LogP contribution in [0.5, 0.6) is 5.75 Å². The number of aryl methyl sites for hydroxylation is 1. The first-order chi connectivity index (χ1) is 11.1. The summed E-state index contributed by atoms with van der Waals surface area (Å²) in [4.78, 5) is 15.4. The zero-order valence-electron chi connectivity index (χ0n) is 12.8. The zero-order valence-corrected chi connectivity index (χ0v) is 12.8. The molecule has 0 aliphatic heterocycles. The van der Waals surface area contributed by atoms with Crippen LogP contribution in [0.3, 0.4) is 0 Å². The third-order valence-electron chi connectivity index (χ3n) is 3.54. The molecular formula is C18H15N2O3-. The quantitative estimate of drug-likeness (QED) is 0.692. The van der Waals surface area contributed by atoms with Crippen LogP contribution in [-0.2, 0) is 4.79 Å². The molecule has 5 nitrogen and oxygen atoms in total. The SMILES string of the molecule is COc1cccc(-c2nc3cc(C)ccn3c2/C=C/C(=O)[O-])c1. The minimum Gasteiger partial charge on any atom is -0.545 e. The Balaban J connectivity index is 2.25. The Hall–Kier alpha value is -3.08. The smallest absolute Gasteiger partial charge is 0.138 e. The van der Waals surface area contributed by atoms with E-state index < -0.39 is 5.97 Å². The Bertz CT molecular complexity index is 910. The van der Waals surface area contributed by atoms with Crippen molar-refractivity contribution >= 4 is 17.7 Å². The van der Waals surface area contributed by atoms with Crippen molar-refractivity contribution < 1.29 is 14.6 Å². The van der Waals surface area contributed by atoms with E-state index in [9.17, 15) is 9.90 Å². The molecule has 3 rings (SSSR count). The van der Waals surface area contributed by atoms with E-state index in [1.165, 1.54) is 6.08 Å². The van der Waals surface area contributed by atoms with Gasteiger partial charge in [-0.2, -0.15) is 0 Å². The van der Waals surface area contributed by atoms with Gasteiger partial charge in [-0.25, -0.2) is 4.98 Å². The second-order valence-electron chi connectivity index (χ2n) is 5.16. The molecule has 3 aromatic rings. The van der Waals surface area contributed by atoms with Gasteiger partial charge in [0.2, 0.25) is 0 Å². The number of nitrogens with zero attached hydrogens (tertiary/aromatic N) is 2. The van der Waals surface area contributed by atoms with E-state index in [4.69, 9.17) is 4.74 Å². The molecule has 1 aromatic carbocycles. The van der Waals surface area contributed by atoms with Gasteiger partial charge in [0.05, 0.1) is 24.5 Å². The highest BCUT2D eigenvalue weighted by Crippen LogP contribution is 2.28. The van der Waals surface area contributed by atoms with Gasteiger partial charge in [0.1, 0.15) is 11.4 Å². The lowest BCUT2D eigenvalue weighted by Gasteiger charge is -2.04. The number of fused-ring (bicyclic) bond motifs is 1. The maximum Gasteiger partial charge on any atom is 0.138 e. The van der Waals surface area contributed by atoms with Crippen LogP contribution in [0.25, 0.3) is 23.0 Å². The predicted octanol–water partition coefficient (Wildman–Crippen LogP) is 2.08. The molecule has 2 aromatic heterocycles. The number of methoxy groups -OCH3 is 1. The van der Waals surface area contributed by atoms with Crippen molar-refractivity contribution in [2.75, 3.05) is 7.11 Å². The first kappa shape index (κ1) is 14.8. The number of aliphatic carboxylic acids is 1. The Morgan fingerprint density at radius 2 is 2.13 bits per heavy atom. The molecular weight excluding hydrogens is 292 g/mol. The van der Waals surface area contributed by atoms with Crippen LogP contribution >= 0.6 is 0 Å². The minimum absolute atomic E-state index is 0.678. The summed E-state index contributed by atoms with van der Waals surface area (Å²) in [5.41, 5.74) is 4.05.